The Morgan fingerprint density at radius 2 is 1.97 bits per heavy atom. The summed E-state index contributed by atoms with van der Waals surface area (Å²) in [5.41, 5.74) is 1.47. The lowest BCUT2D eigenvalue weighted by Gasteiger charge is -2.02. The summed E-state index contributed by atoms with van der Waals surface area (Å²) >= 11 is 0. The number of carbonyl (C=O) groups excluding carboxylic acids is 1. The van der Waals surface area contributed by atoms with Gasteiger partial charge in [0, 0.05) is 23.6 Å². The van der Waals surface area contributed by atoms with Gasteiger partial charge in [-0.2, -0.15) is 4.68 Å². The second-order valence-electron chi connectivity index (χ2n) is 6.15. The lowest BCUT2D eigenvalue weighted by molar-refractivity contribution is -0.389. The zero-order chi connectivity index (χ0) is 20.2. The van der Waals surface area contributed by atoms with E-state index in [1.165, 1.54) is 23.0 Å². The number of imidazole rings is 1. The minimum atomic E-state index is -0.555. The molecule has 0 saturated carbocycles. The summed E-state index contributed by atoms with van der Waals surface area (Å²) in [5.74, 6) is 0.703. The fourth-order valence-electron chi connectivity index (χ4n) is 2.73. The van der Waals surface area contributed by atoms with E-state index in [1.807, 2.05) is 22.9 Å². The van der Waals surface area contributed by atoms with Crippen LogP contribution in [0.15, 0.2) is 77.9 Å². The maximum absolute atomic E-state index is 12.4. The third-order valence-electron chi connectivity index (χ3n) is 4.17. The molecule has 0 aliphatic heterocycles. The van der Waals surface area contributed by atoms with Crippen molar-refractivity contribution >= 4 is 17.7 Å². The molecular formula is C20H15N5O4. The van der Waals surface area contributed by atoms with Gasteiger partial charge in [-0.25, -0.2) is 4.98 Å². The minimum absolute atomic E-state index is 0.150. The molecule has 0 N–H and O–H groups in total. The molecule has 3 heterocycles. The van der Waals surface area contributed by atoms with Crippen LogP contribution in [-0.2, 0) is 6.54 Å². The number of hydrogen-bond acceptors (Lipinski definition) is 6. The Morgan fingerprint density at radius 3 is 2.66 bits per heavy atom. The van der Waals surface area contributed by atoms with Crippen molar-refractivity contribution in [1.82, 2.24) is 19.3 Å². The Labute approximate surface area is 164 Å². The number of ketones is 1. The van der Waals surface area contributed by atoms with Gasteiger partial charge in [0.15, 0.2) is 5.78 Å². The molecule has 0 amide bonds. The monoisotopic (exact) mass is 389 g/mol. The van der Waals surface area contributed by atoms with Crippen LogP contribution in [0.3, 0.4) is 0 Å². The van der Waals surface area contributed by atoms with Crippen molar-refractivity contribution in [1.29, 1.82) is 0 Å². The standard InChI is InChI=1S/C20H15N5O4/c26-19(15-1-3-16(4-2-15)23-12-10-21-14-23)8-7-17-5-6-18(29-17)13-24-11-9-20(22-24)25(27)28/h1-12,14H,13H2/b8-7+. The van der Waals surface area contributed by atoms with Crippen molar-refractivity contribution in [3.05, 3.63) is 101 Å². The Hall–Kier alpha value is -4.27. The van der Waals surface area contributed by atoms with Crippen molar-refractivity contribution in [2.75, 3.05) is 0 Å². The molecule has 0 spiro atoms. The second kappa shape index (κ2) is 7.77. The number of carbonyl (C=O) groups is 1. The minimum Gasteiger partial charge on any atom is -0.460 e. The van der Waals surface area contributed by atoms with Gasteiger partial charge in [0.2, 0.25) is 0 Å². The molecule has 9 heteroatoms. The highest BCUT2D eigenvalue weighted by atomic mass is 16.6. The zero-order valence-corrected chi connectivity index (χ0v) is 15.1. The lowest BCUT2D eigenvalue weighted by atomic mass is 10.1. The number of aromatic nitrogens is 4. The molecule has 0 aliphatic rings. The molecule has 0 atom stereocenters. The predicted molar refractivity (Wildman–Crippen MR) is 104 cm³/mol. The molecule has 0 aliphatic carbocycles. The molecule has 3 aromatic heterocycles. The number of rotatable bonds is 7. The summed E-state index contributed by atoms with van der Waals surface area (Å²) in [6.45, 7) is 0.255. The maximum atomic E-state index is 12.4. The Bertz CT molecular complexity index is 1170. The average Bonchev–Trinajstić information content (AvgIpc) is 3.48. The average molecular weight is 389 g/mol. The van der Waals surface area contributed by atoms with Gasteiger partial charge in [0.05, 0.1) is 23.7 Å². The smallest absolute Gasteiger partial charge is 0.389 e. The van der Waals surface area contributed by atoms with Crippen LogP contribution in [0.5, 0.6) is 0 Å². The van der Waals surface area contributed by atoms with E-state index in [0.29, 0.717) is 17.1 Å². The lowest BCUT2D eigenvalue weighted by Crippen LogP contribution is -2.00. The van der Waals surface area contributed by atoms with Crippen molar-refractivity contribution in [2.24, 2.45) is 0 Å². The first-order valence-electron chi connectivity index (χ1n) is 8.66. The van der Waals surface area contributed by atoms with Gasteiger partial charge >= 0.3 is 5.82 Å². The first kappa shape index (κ1) is 18.1. The third-order valence-corrected chi connectivity index (χ3v) is 4.17. The van der Waals surface area contributed by atoms with Crippen molar-refractivity contribution < 1.29 is 14.1 Å². The molecule has 4 rings (SSSR count). The van der Waals surface area contributed by atoms with Gasteiger partial charge < -0.3 is 19.1 Å². The summed E-state index contributed by atoms with van der Waals surface area (Å²) in [4.78, 5) is 26.5. The van der Waals surface area contributed by atoms with E-state index >= 15 is 0 Å². The van der Waals surface area contributed by atoms with Gasteiger partial charge in [0.25, 0.3) is 0 Å². The number of furan rings is 1. The number of nitro groups is 1. The van der Waals surface area contributed by atoms with Crippen molar-refractivity contribution in [3.63, 3.8) is 0 Å². The summed E-state index contributed by atoms with van der Waals surface area (Å²) in [6.07, 6.45) is 9.73. The SMILES string of the molecule is O=C(/C=C/c1ccc(Cn2ccc([N+](=O)[O-])n2)o1)c1ccc(-n2ccnc2)cc1. The first-order valence-corrected chi connectivity index (χ1v) is 8.66. The number of nitrogens with zero attached hydrogens (tertiary/aromatic N) is 5. The van der Waals surface area contributed by atoms with Crippen LogP contribution < -0.4 is 0 Å². The maximum Gasteiger partial charge on any atom is 0.389 e. The zero-order valence-electron chi connectivity index (χ0n) is 15.1. The van der Waals surface area contributed by atoms with E-state index in [0.717, 1.165) is 5.69 Å². The number of benzene rings is 1. The van der Waals surface area contributed by atoms with Crippen LogP contribution in [0, 0.1) is 10.1 Å². The Balaban J connectivity index is 1.40. The molecular weight excluding hydrogens is 374 g/mol. The van der Waals surface area contributed by atoms with Crippen LogP contribution >= 0.6 is 0 Å². The van der Waals surface area contributed by atoms with Crippen LogP contribution in [0.4, 0.5) is 5.82 Å². The van der Waals surface area contributed by atoms with Gasteiger partial charge in [0.1, 0.15) is 18.1 Å². The Morgan fingerprint density at radius 1 is 1.14 bits per heavy atom. The van der Waals surface area contributed by atoms with E-state index in [4.69, 9.17) is 4.42 Å². The van der Waals surface area contributed by atoms with Gasteiger partial charge in [-0.1, -0.05) is 0 Å². The summed E-state index contributed by atoms with van der Waals surface area (Å²) < 4.78 is 8.90. The fraction of sp³-hybridized carbons (Fsp3) is 0.0500. The Kier molecular flexibility index (Phi) is 4.85. The molecule has 1 aromatic carbocycles. The van der Waals surface area contributed by atoms with E-state index < -0.39 is 4.92 Å². The van der Waals surface area contributed by atoms with Crippen molar-refractivity contribution in [2.45, 2.75) is 6.54 Å². The van der Waals surface area contributed by atoms with Gasteiger partial charge in [-0.3, -0.25) is 4.79 Å². The quantitative estimate of drug-likeness (QED) is 0.207. The second-order valence-corrected chi connectivity index (χ2v) is 6.15. The fourth-order valence-corrected chi connectivity index (χ4v) is 2.73. The summed E-state index contributed by atoms with van der Waals surface area (Å²) in [6, 6.07) is 12.0. The highest BCUT2D eigenvalue weighted by molar-refractivity contribution is 6.06. The largest absolute Gasteiger partial charge is 0.460 e. The summed E-state index contributed by atoms with van der Waals surface area (Å²) in [7, 11) is 0. The molecule has 144 valence electrons. The molecule has 29 heavy (non-hydrogen) atoms. The molecule has 4 aromatic rings. The molecule has 0 radical (unpaired) electrons. The highest BCUT2D eigenvalue weighted by Crippen LogP contribution is 2.14. The molecule has 9 nitrogen and oxygen atoms in total. The summed E-state index contributed by atoms with van der Waals surface area (Å²) in [5, 5.41) is 14.5. The van der Waals surface area contributed by atoms with E-state index in [9.17, 15) is 14.9 Å². The van der Waals surface area contributed by atoms with Crippen LogP contribution in [-0.4, -0.2) is 30.0 Å². The normalized spacial score (nSPS) is 11.2. The molecule has 0 fully saturated rings. The first-order chi connectivity index (χ1) is 14.1. The van der Waals surface area contributed by atoms with E-state index in [-0.39, 0.29) is 18.1 Å². The number of allylic oxidation sites excluding steroid dienone is 1. The van der Waals surface area contributed by atoms with Crippen LogP contribution in [0.1, 0.15) is 21.9 Å². The molecule has 0 bridgehead atoms. The van der Waals surface area contributed by atoms with Gasteiger partial charge in [-0.05, 0) is 53.5 Å². The third kappa shape index (κ3) is 4.19. The van der Waals surface area contributed by atoms with Gasteiger partial charge in [-0.15, -0.1) is 0 Å². The van der Waals surface area contributed by atoms with Crippen LogP contribution in [0.25, 0.3) is 11.8 Å². The molecule has 0 saturated heterocycles. The van der Waals surface area contributed by atoms with Crippen molar-refractivity contribution in [3.8, 4) is 5.69 Å². The topological polar surface area (TPSA) is 109 Å². The number of hydrogen-bond donors (Lipinski definition) is 0. The van der Waals surface area contributed by atoms with Crippen LogP contribution in [0.2, 0.25) is 0 Å². The highest BCUT2D eigenvalue weighted by Gasteiger charge is 2.12. The molecule has 0 unspecified atom stereocenters. The predicted octanol–water partition coefficient (Wildman–Crippen LogP) is 3.51. The van der Waals surface area contributed by atoms with E-state index in [1.54, 1.807) is 42.9 Å². The van der Waals surface area contributed by atoms with E-state index in [2.05, 4.69) is 10.1 Å².